The van der Waals surface area contributed by atoms with Gasteiger partial charge in [0.25, 0.3) is 0 Å². The summed E-state index contributed by atoms with van der Waals surface area (Å²) in [6.07, 6.45) is 4.69. The second kappa shape index (κ2) is 17.8. The number of carbonyl (C=O) groups excluding carboxylic acids is 1. The molecule has 5 rings (SSSR count). The number of fused-ring (bicyclic) bond motifs is 1. The number of nitrogens with zero attached hydrogens (tertiary/aromatic N) is 4. The zero-order valence-corrected chi connectivity index (χ0v) is 32.4. The van der Waals surface area contributed by atoms with Crippen LogP contribution in [0.3, 0.4) is 0 Å². The Bertz CT molecular complexity index is 1630. The molecular weight excluding hydrogens is 672 g/mol. The SMILES string of the molecule is CN(CCCCC(=O)N1CCN(CCO[C@H]2O[C@H](CO)[C@@H](O)[C@H](O)[C@H]2O)CC1)c1ccccc1C(C)(C)/C=C\C=C\C1=[N+](C)c2ccccc2C1(C)C. The van der Waals surface area contributed by atoms with Gasteiger partial charge in [-0.15, -0.1) is 0 Å². The smallest absolute Gasteiger partial charge is 0.222 e. The Morgan fingerprint density at radius 2 is 1.70 bits per heavy atom. The molecule has 0 spiro atoms. The third-order valence-corrected chi connectivity index (χ3v) is 11.2. The van der Waals surface area contributed by atoms with E-state index < -0.39 is 37.3 Å². The fraction of sp³-hybridized carbons (Fsp3) is 0.571. The molecule has 0 bridgehead atoms. The molecule has 2 saturated heterocycles. The van der Waals surface area contributed by atoms with Crippen molar-refractivity contribution in [2.24, 2.45) is 0 Å². The number of aliphatic hydroxyl groups is 4. The van der Waals surface area contributed by atoms with E-state index in [0.717, 1.165) is 19.4 Å². The summed E-state index contributed by atoms with van der Waals surface area (Å²) >= 11 is 0. The maximum atomic E-state index is 13.0. The van der Waals surface area contributed by atoms with Crippen molar-refractivity contribution in [2.75, 3.05) is 71.5 Å². The minimum absolute atomic E-state index is 0.0548. The molecule has 4 N–H and O–H groups in total. The molecule has 1 amide bonds. The first kappa shape index (κ1) is 40.8. The van der Waals surface area contributed by atoms with Gasteiger partial charge in [-0.1, -0.05) is 68.5 Å². The molecule has 0 radical (unpaired) electrons. The number of aliphatic hydroxyl groups excluding tert-OH is 4. The lowest BCUT2D eigenvalue weighted by Crippen LogP contribution is -2.59. The minimum Gasteiger partial charge on any atom is -0.394 e. The molecule has 11 nitrogen and oxygen atoms in total. The van der Waals surface area contributed by atoms with Crippen molar-refractivity contribution in [1.29, 1.82) is 0 Å². The van der Waals surface area contributed by atoms with Gasteiger partial charge in [0.1, 0.15) is 31.5 Å². The summed E-state index contributed by atoms with van der Waals surface area (Å²) < 4.78 is 13.3. The number of piperazine rings is 1. The number of anilines is 1. The van der Waals surface area contributed by atoms with E-state index in [9.17, 15) is 25.2 Å². The van der Waals surface area contributed by atoms with Crippen molar-refractivity contribution < 1.29 is 39.3 Å². The van der Waals surface area contributed by atoms with Crippen molar-refractivity contribution in [3.63, 3.8) is 0 Å². The van der Waals surface area contributed by atoms with Gasteiger partial charge in [-0.2, -0.15) is 4.58 Å². The predicted molar refractivity (Wildman–Crippen MR) is 208 cm³/mol. The molecule has 5 atom stereocenters. The molecule has 0 unspecified atom stereocenters. The summed E-state index contributed by atoms with van der Waals surface area (Å²) in [6, 6.07) is 17.2. The van der Waals surface area contributed by atoms with Crippen molar-refractivity contribution in [1.82, 2.24) is 9.80 Å². The van der Waals surface area contributed by atoms with Gasteiger partial charge in [-0.25, -0.2) is 0 Å². The minimum atomic E-state index is -1.46. The Labute approximate surface area is 315 Å². The van der Waals surface area contributed by atoms with E-state index in [0.29, 0.717) is 39.1 Å². The Kier molecular flexibility index (Phi) is 13.7. The lowest BCUT2D eigenvalue weighted by atomic mass is 9.81. The summed E-state index contributed by atoms with van der Waals surface area (Å²) in [6.45, 7) is 13.0. The van der Waals surface area contributed by atoms with Crippen LogP contribution in [0.5, 0.6) is 0 Å². The number of carbonyl (C=O) groups is 1. The molecule has 3 aliphatic heterocycles. The average Bonchev–Trinajstić information content (AvgIpc) is 3.35. The fourth-order valence-electron chi connectivity index (χ4n) is 7.81. The van der Waals surface area contributed by atoms with E-state index in [1.54, 1.807) is 0 Å². The van der Waals surface area contributed by atoms with Crippen LogP contribution in [0, 0.1) is 0 Å². The van der Waals surface area contributed by atoms with Gasteiger partial charge >= 0.3 is 0 Å². The first-order chi connectivity index (χ1) is 25.3. The van der Waals surface area contributed by atoms with Crippen LogP contribution < -0.4 is 4.90 Å². The quantitative estimate of drug-likeness (QED) is 0.124. The van der Waals surface area contributed by atoms with Gasteiger partial charge in [-0.3, -0.25) is 9.69 Å². The maximum Gasteiger partial charge on any atom is 0.222 e. The Balaban J connectivity index is 1.04. The second-order valence-corrected chi connectivity index (χ2v) is 15.7. The van der Waals surface area contributed by atoms with E-state index in [-0.39, 0.29) is 23.3 Å². The largest absolute Gasteiger partial charge is 0.394 e. The third-order valence-electron chi connectivity index (χ3n) is 11.2. The second-order valence-electron chi connectivity index (χ2n) is 15.7. The summed E-state index contributed by atoms with van der Waals surface area (Å²) in [4.78, 5) is 19.5. The Morgan fingerprint density at radius 1 is 1.00 bits per heavy atom. The lowest BCUT2D eigenvalue weighted by molar-refractivity contribution is -0.401. The van der Waals surface area contributed by atoms with Crippen LogP contribution in [0.25, 0.3) is 0 Å². The van der Waals surface area contributed by atoms with Crippen molar-refractivity contribution in [3.05, 3.63) is 84.0 Å². The molecule has 2 fully saturated rings. The van der Waals surface area contributed by atoms with E-state index in [2.05, 4.69) is 129 Å². The Hall–Kier alpha value is -3.42. The summed E-state index contributed by atoms with van der Waals surface area (Å²) in [5.41, 5.74) is 6.11. The summed E-state index contributed by atoms with van der Waals surface area (Å²) in [7, 11) is 4.28. The van der Waals surface area contributed by atoms with Crippen LogP contribution in [-0.2, 0) is 25.1 Å². The molecule has 2 aromatic rings. The highest BCUT2D eigenvalue weighted by molar-refractivity contribution is 6.03. The number of para-hydroxylation sites is 2. The molecule has 0 saturated carbocycles. The molecule has 0 aliphatic carbocycles. The molecule has 0 aromatic heterocycles. The monoisotopic (exact) mass is 733 g/mol. The van der Waals surface area contributed by atoms with Crippen LogP contribution in [0.2, 0.25) is 0 Å². The molecule has 290 valence electrons. The zero-order chi connectivity index (χ0) is 38.3. The number of ether oxygens (including phenoxy) is 2. The number of allylic oxidation sites excluding steroid dienone is 4. The molecular formula is C42H61N4O7+. The van der Waals surface area contributed by atoms with Gasteiger partial charge < -0.3 is 39.7 Å². The van der Waals surface area contributed by atoms with Gasteiger partial charge in [0.05, 0.1) is 18.6 Å². The number of benzene rings is 2. The van der Waals surface area contributed by atoms with Gasteiger partial charge in [-0.05, 0) is 38.3 Å². The highest BCUT2D eigenvalue weighted by atomic mass is 16.7. The maximum absolute atomic E-state index is 13.0. The topological polar surface area (TPSA) is 129 Å². The number of amides is 1. The van der Waals surface area contributed by atoms with Crippen LogP contribution in [-0.4, -0.2) is 144 Å². The van der Waals surface area contributed by atoms with E-state index >= 15 is 0 Å². The van der Waals surface area contributed by atoms with Gasteiger partial charge in [0.15, 0.2) is 12.0 Å². The van der Waals surface area contributed by atoms with Crippen LogP contribution in [0.1, 0.15) is 58.1 Å². The van der Waals surface area contributed by atoms with Crippen molar-refractivity contribution >= 4 is 23.0 Å². The highest BCUT2D eigenvalue weighted by Gasteiger charge is 2.44. The standard InChI is InChI=1S/C42H61N4O7/c1-41(2,21-13-11-19-35-42(3,4)31-16-8-10-18-33(31)44(35)6)30-15-7-9-17-32(30)43(5)22-14-12-20-36(48)46-25-23-45(24-26-46)27-28-52-40-39(51)38(50)37(49)34(29-47)53-40/h7-11,13,15-19,21,34,37-40,47,49-51H,12,14,20,22-29H2,1-6H3/q+1/b19-11+,21-13-/t34-,37-,38+,39-,40+/m1/s1. The van der Waals surface area contributed by atoms with Crippen molar-refractivity contribution in [2.45, 2.75) is 88.5 Å². The van der Waals surface area contributed by atoms with E-state index in [1.165, 1.54) is 28.2 Å². The third kappa shape index (κ3) is 9.46. The molecule has 3 heterocycles. The predicted octanol–water partition coefficient (Wildman–Crippen LogP) is 3.35. The van der Waals surface area contributed by atoms with Gasteiger partial charge in [0.2, 0.25) is 11.6 Å². The molecule has 3 aliphatic rings. The van der Waals surface area contributed by atoms with Crippen LogP contribution >= 0.6 is 0 Å². The van der Waals surface area contributed by atoms with E-state index in [1.807, 2.05) is 4.90 Å². The normalized spacial score (nSPS) is 25.1. The van der Waals surface area contributed by atoms with Crippen LogP contribution in [0.15, 0.2) is 72.8 Å². The first-order valence-corrected chi connectivity index (χ1v) is 19.1. The summed E-state index contributed by atoms with van der Waals surface area (Å²) in [5.74, 6) is 0.179. The lowest BCUT2D eigenvalue weighted by Gasteiger charge is -2.40. The number of rotatable bonds is 15. The number of hydrogen-bond donors (Lipinski definition) is 4. The zero-order valence-electron chi connectivity index (χ0n) is 32.4. The van der Waals surface area contributed by atoms with Crippen LogP contribution in [0.4, 0.5) is 11.4 Å². The van der Waals surface area contributed by atoms with Gasteiger partial charge in [0, 0.05) is 81.5 Å². The van der Waals surface area contributed by atoms with E-state index in [4.69, 9.17) is 9.47 Å². The fourth-order valence-corrected chi connectivity index (χ4v) is 7.81. The van der Waals surface area contributed by atoms with Crippen molar-refractivity contribution in [3.8, 4) is 0 Å². The summed E-state index contributed by atoms with van der Waals surface area (Å²) in [5, 5.41) is 39.4. The first-order valence-electron chi connectivity index (χ1n) is 19.1. The number of unbranched alkanes of at least 4 members (excludes halogenated alkanes) is 1. The highest BCUT2D eigenvalue weighted by Crippen LogP contribution is 2.39. The number of hydrogen-bond acceptors (Lipinski definition) is 9. The average molecular weight is 734 g/mol. The molecule has 2 aromatic carbocycles. The molecule has 11 heteroatoms. The molecule has 53 heavy (non-hydrogen) atoms. The Morgan fingerprint density at radius 3 is 2.42 bits per heavy atom.